The van der Waals surface area contributed by atoms with Crippen LogP contribution in [-0.2, 0) is 4.79 Å². The molecule has 6 nitrogen and oxygen atoms in total. The van der Waals surface area contributed by atoms with Crippen molar-refractivity contribution in [3.05, 3.63) is 17.5 Å². The molecular formula is C13H15F2N3O3. The van der Waals surface area contributed by atoms with Gasteiger partial charge in [-0.15, -0.1) is 0 Å². The molecule has 0 aliphatic carbocycles. The van der Waals surface area contributed by atoms with Crippen LogP contribution in [0.4, 0.5) is 8.78 Å². The predicted octanol–water partition coefficient (Wildman–Crippen LogP) is 0.971. The van der Waals surface area contributed by atoms with Gasteiger partial charge >= 0.3 is 0 Å². The minimum atomic E-state index is -3.09. The van der Waals surface area contributed by atoms with Crippen LogP contribution in [0.3, 0.4) is 0 Å². The van der Waals surface area contributed by atoms with E-state index in [0.29, 0.717) is 18.7 Å². The summed E-state index contributed by atoms with van der Waals surface area (Å²) in [6.45, 7) is 1.26. The Kier molecular flexibility index (Phi) is 3.00. The number of aryl methyl sites for hydroxylation is 1. The summed E-state index contributed by atoms with van der Waals surface area (Å²) >= 11 is 0. The van der Waals surface area contributed by atoms with E-state index in [1.165, 1.54) is 6.07 Å². The minimum Gasteiger partial charge on any atom is -0.361 e. The van der Waals surface area contributed by atoms with Crippen LogP contribution >= 0.6 is 0 Å². The Hall–Kier alpha value is -1.99. The van der Waals surface area contributed by atoms with Gasteiger partial charge in [0.1, 0.15) is 5.76 Å². The number of likely N-dealkylation sites (tertiary alicyclic amines) is 1. The maximum absolute atomic E-state index is 14.0. The van der Waals surface area contributed by atoms with E-state index in [2.05, 4.69) is 10.5 Å². The molecule has 0 unspecified atom stereocenters. The average Bonchev–Trinajstić information content (AvgIpc) is 2.95. The number of halogens is 2. The van der Waals surface area contributed by atoms with Gasteiger partial charge in [0.25, 0.3) is 11.8 Å². The Morgan fingerprint density at radius 2 is 2.24 bits per heavy atom. The van der Waals surface area contributed by atoms with E-state index in [0.717, 1.165) is 4.90 Å². The number of carbonyl (C=O) groups is 2. The first-order valence-corrected chi connectivity index (χ1v) is 6.70. The molecule has 2 amide bonds. The number of rotatable bonds is 1. The van der Waals surface area contributed by atoms with E-state index in [1.54, 1.807) is 6.92 Å². The Morgan fingerprint density at radius 3 is 2.81 bits per heavy atom. The number of alkyl halides is 2. The molecule has 8 heteroatoms. The van der Waals surface area contributed by atoms with Crippen LogP contribution in [0.25, 0.3) is 0 Å². The van der Waals surface area contributed by atoms with Gasteiger partial charge in [0.15, 0.2) is 5.69 Å². The first kappa shape index (κ1) is 14.0. The summed E-state index contributed by atoms with van der Waals surface area (Å²) in [6.07, 6.45) is -0.212. The lowest BCUT2D eigenvalue weighted by Crippen LogP contribution is -2.56. The van der Waals surface area contributed by atoms with Gasteiger partial charge in [0.2, 0.25) is 5.91 Å². The molecule has 1 aromatic rings. The lowest BCUT2D eigenvalue weighted by Gasteiger charge is -2.42. The predicted molar refractivity (Wildman–Crippen MR) is 66.8 cm³/mol. The fourth-order valence-corrected chi connectivity index (χ4v) is 3.12. The summed E-state index contributed by atoms with van der Waals surface area (Å²) in [4.78, 5) is 25.2. The number of carbonyl (C=O) groups excluding carboxylic acids is 2. The maximum atomic E-state index is 14.0. The van der Waals surface area contributed by atoms with Gasteiger partial charge in [-0.1, -0.05) is 5.16 Å². The highest BCUT2D eigenvalue weighted by Gasteiger charge is 2.55. The zero-order valence-electron chi connectivity index (χ0n) is 11.5. The van der Waals surface area contributed by atoms with Crippen LogP contribution in [0.2, 0.25) is 0 Å². The first-order valence-electron chi connectivity index (χ1n) is 6.70. The molecule has 1 aromatic heterocycles. The molecule has 114 valence electrons. The van der Waals surface area contributed by atoms with E-state index in [-0.39, 0.29) is 12.2 Å². The number of nitrogens with one attached hydrogen (secondary N) is 1. The second kappa shape index (κ2) is 4.51. The van der Waals surface area contributed by atoms with E-state index >= 15 is 0 Å². The van der Waals surface area contributed by atoms with E-state index < -0.39 is 36.1 Å². The zero-order valence-corrected chi connectivity index (χ0v) is 11.5. The van der Waals surface area contributed by atoms with Crippen molar-refractivity contribution >= 4 is 11.8 Å². The van der Waals surface area contributed by atoms with Crippen molar-refractivity contribution in [2.45, 2.75) is 25.7 Å². The summed E-state index contributed by atoms with van der Waals surface area (Å²) < 4.78 is 32.8. The van der Waals surface area contributed by atoms with Crippen LogP contribution in [0.5, 0.6) is 0 Å². The van der Waals surface area contributed by atoms with Crippen LogP contribution < -0.4 is 5.32 Å². The molecule has 1 atom stereocenters. The third-order valence-corrected chi connectivity index (χ3v) is 4.02. The molecule has 0 radical (unpaired) electrons. The number of piperidine rings is 1. The van der Waals surface area contributed by atoms with Crippen LogP contribution in [0.1, 0.15) is 29.1 Å². The monoisotopic (exact) mass is 299 g/mol. The summed E-state index contributed by atoms with van der Waals surface area (Å²) in [7, 11) is 0. The number of hydrogen-bond donors (Lipinski definition) is 1. The Morgan fingerprint density at radius 1 is 1.48 bits per heavy atom. The Bertz CT molecular complexity index is 601. The topological polar surface area (TPSA) is 75.4 Å². The van der Waals surface area contributed by atoms with Crippen molar-refractivity contribution in [3.8, 4) is 0 Å². The second-order valence-corrected chi connectivity index (χ2v) is 5.80. The van der Waals surface area contributed by atoms with Gasteiger partial charge in [-0.3, -0.25) is 9.59 Å². The summed E-state index contributed by atoms with van der Waals surface area (Å²) in [5.41, 5.74) is -1.21. The average molecular weight is 299 g/mol. The number of aromatic nitrogens is 1. The highest BCUT2D eigenvalue weighted by atomic mass is 19.3. The van der Waals surface area contributed by atoms with E-state index in [4.69, 9.17) is 4.52 Å². The number of hydrogen-bond acceptors (Lipinski definition) is 4. The molecule has 3 rings (SSSR count). The molecule has 3 heterocycles. The third-order valence-electron chi connectivity index (χ3n) is 4.02. The maximum Gasteiger partial charge on any atom is 0.276 e. The minimum absolute atomic E-state index is 0.0147. The van der Waals surface area contributed by atoms with Gasteiger partial charge in [0, 0.05) is 25.6 Å². The van der Waals surface area contributed by atoms with Crippen LogP contribution in [0, 0.1) is 12.3 Å². The summed E-state index contributed by atoms with van der Waals surface area (Å²) in [5, 5.41) is 6.14. The van der Waals surface area contributed by atoms with Crippen molar-refractivity contribution in [1.82, 2.24) is 15.4 Å². The number of amides is 2. The molecule has 2 saturated heterocycles. The molecule has 1 N–H and O–H groups in total. The normalized spacial score (nSPS) is 28.0. The second-order valence-electron chi connectivity index (χ2n) is 5.80. The lowest BCUT2D eigenvalue weighted by atomic mass is 9.77. The highest BCUT2D eigenvalue weighted by Crippen LogP contribution is 2.43. The van der Waals surface area contributed by atoms with Gasteiger partial charge in [-0.25, -0.2) is 8.78 Å². The van der Waals surface area contributed by atoms with Gasteiger partial charge in [0.05, 0.1) is 12.0 Å². The lowest BCUT2D eigenvalue weighted by molar-refractivity contribution is -0.144. The van der Waals surface area contributed by atoms with E-state index in [9.17, 15) is 18.4 Å². The van der Waals surface area contributed by atoms with Crippen molar-refractivity contribution in [2.24, 2.45) is 5.41 Å². The van der Waals surface area contributed by atoms with Gasteiger partial charge < -0.3 is 14.7 Å². The highest BCUT2D eigenvalue weighted by molar-refractivity contribution is 5.93. The van der Waals surface area contributed by atoms with Crippen molar-refractivity contribution < 1.29 is 22.9 Å². The standard InChI is InChI=1S/C13H15F2N3O3/c1-8-4-9(17-21-8)10(19)18-6-12(2-3-16-11(12)20)5-13(14,15)7-18/h4H,2-3,5-7H2,1H3,(H,16,20)/t12-/m0/s1. The van der Waals surface area contributed by atoms with Crippen molar-refractivity contribution in [1.29, 1.82) is 0 Å². The third kappa shape index (κ3) is 2.38. The summed E-state index contributed by atoms with van der Waals surface area (Å²) in [5.74, 6) is -3.70. The van der Waals surface area contributed by atoms with Gasteiger partial charge in [-0.2, -0.15) is 0 Å². The van der Waals surface area contributed by atoms with Crippen molar-refractivity contribution in [3.63, 3.8) is 0 Å². The zero-order chi connectivity index (χ0) is 15.3. The number of nitrogens with zero attached hydrogens (tertiary/aromatic N) is 2. The van der Waals surface area contributed by atoms with E-state index in [1.807, 2.05) is 0 Å². The fourth-order valence-electron chi connectivity index (χ4n) is 3.12. The smallest absolute Gasteiger partial charge is 0.276 e. The summed E-state index contributed by atoms with van der Waals surface area (Å²) in [6, 6.07) is 1.40. The fraction of sp³-hybridized carbons (Fsp3) is 0.615. The SMILES string of the molecule is Cc1cc(C(=O)N2CC(F)(F)C[C@@]3(CCNC3=O)C2)no1. The Labute approximate surface area is 119 Å². The molecule has 1 spiro atoms. The molecule has 21 heavy (non-hydrogen) atoms. The largest absolute Gasteiger partial charge is 0.361 e. The Balaban J connectivity index is 1.88. The quantitative estimate of drug-likeness (QED) is 0.838. The molecule has 2 fully saturated rings. The molecule has 0 saturated carbocycles. The first-order chi connectivity index (χ1) is 9.81. The van der Waals surface area contributed by atoms with Gasteiger partial charge in [-0.05, 0) is 13.3 Å². The molecule has 2 aliphatic rings. The van der Waals surface area contributed by atoms with Crippen LogP contribution in [-0.4, -0.2) is 47.4 Å². The molecule has 2 aliphatic heterocycles. The molecular weight excluding hydrogens is 284 g/mol. The van der Waals surface area contributed by atoms with Crippen LogP contribution in [0.15, 0.2) is 10.6 Å². The molecule has 0 bridgehead atoms. The molecule has 0 aromatic carbocycles. The van der Waals surface area contributed by atoms with Crippen molar-refractivity contribution in [2.75, 3.05) is 19.6 Å².